The Bertz CT molecular complexity index is 248. The van der Waals surface area contributed by atoms with Gasteiger partial charge in [0.2, 0.25) is 5.91 Å². The molecule has 0 heterocycles. The van der Waals surface area contributed by atoms with Gasteiger partial charge in [0.1, 0.15) is 5.54 Å². The van der Waals surface area contributed by atoms with Crippen LogP contribution >= 0.6 is 0 Å². The smallest absolute Gasteiger partial charge is 0.221 e. The minimum atomic E-state index is -1.34. The van der Waals surface area contributed by atoms with Crippen LogP contribution in [0.1, 0.15) is 25.7 Å². The van der Waals surface area contributed by atoms with E-state index >= 15 is 0 Å². The van der Waals surface area contributed by atoms with Gasteiger partial charge in [0.25, 0.3) is 0 Å². The van der Waals surface area contributed by atoms with E-state index in [0.717, 1.165) is 19.3 Å². The fourth-order valence-corrected chi connectivity index (χ4v) is 2.08. The van der Waals surface area contributed by atoms with Crippen LogP contribution in [0.3, 0.4) is 0 Å². The van der Waals surface area contributed by atoms with Crippen molar-refractivity contribution in [1.29, 1.82) is 0 Å². The number of aliphatic hydroxyl groups is 3. The third-order valence-corrected chi connectivity index (χ3v) is 3.70. The molecule has 1 saturated carbocycles. The first kappa shape index (κ1) is 14.4. The topological polar surface area (TPSA) is 116 Å². The lowest BCUT2D eigenvalue weighted by molar-refractivity contribution is -0.129. The van der Waals surface area contributed by atoms with Crippen LogP contribution in [0.15, 0.2) is 0 Å². The SMILES string of the molecule is NCC1(CC(=O)NC(CO)(CO)CO)CCC1. The molecule has 6 N–H and O–H groups in total. The van der Waals surface area contributed by atoms with Crippen molar-refractivity contribution in [2.75, 3.05) is 26.4 Å². The van der Waals surface area contributed by atoms with Crippen molar-refractivity contribution < 1.29 is 20.1 Å². The second-order valence-corrected chi connectivity index (χ2v) is 5.04. The molecule has 0 aromatic carbocycles. The van der Waals surface area contributed by atoms with Crippen LogP contribution < -0.4 is 11.1 Å². The van der Waals surface area contributed by atoms with Crippen LogP contribution in [-0.4, -0.2) is 53.1 Å². The highest BCUT2D eigenvalue weighted by atomic mass is 16.3. The number of carbonyl (C=O) groups is 1. The van der Waals surface area contributed by atoms with E-state index < -0.39 is 25.4 Å². The van der Waals surface area contributed by atoms with Crippen molar-refractivity contribution in [1.82, 2.24) is 5.32 Å². The van der Waals surface area contributed by atoms with E-state index in [2.05, 4.69) is 5.32 Å². The highest BCUT2D eigenvalue weighted by Crippen LogP contribution is 2.42. The molecule has 1 rings (SSSR count). The summed E-state index contributed by atoms with van der Waals surface area (Å²) >= 11 is 0. The minimum Gasteiger partial charge on any atom is -0.394 e. The summed E-state index contributed by atoms with van der Waals surface area (Å²) in [6.07, 6.45) is 3.23. The molecule has 1 aliphatic rings. The number of rotatable bonds is 7. The summed E-state index contributed by atoms with van der Waals surface area (Å²) in [5.74, 6) is -0.285. The molecule has 0 aromatic heterocycles. The van der Waals surface area contributed by atoms with Crippen LogP contribution in [0.4, 0.5) is 0 Å². The fraction of sp³-hybridized carbons (Fsp3) is 0.909. The third-order valence-electron chi connectivity index (χ3n) is 3.70. The lowest BCUT2D eigenvalue weighted by atomic mass is 9.66. The quantitative estimate of drug-likeness (QED) is 0.368. The number of aliphatic hydroxyl groups excluding tert-OH is 3. The molecule has 6 nitrogen and oxygen atoms in total. The van der Waals surface area contributed by atoms with Crippen molar-refractivity contribution in [2.24, 2.45) is 11.1 Å². The standard InChI is InChI=1S/C11H22N2O4/c12-5-10(2-1-3-10)4-9(17)13-11(6-14,7-15)8-16/h14-16H,1-8,12H2,(H,13,17). The first-order chi connectivity index (χ1) is 8.05. The van der Waals surface area contributed by atoms with Crippen molar-refractivity contribution in [3.05, 3.63) is 0 Å². The van der Waals surface area contributed by atoms with E-state index in [1.165, 1.54) is 0 Å². The van der Waals surface area contributed by atoms with Crippen LogP contribution in [0, 0.1) is 5.41 Å². The summed E-state index contributed by atoms with van der Waals surface area (Å²) in [6.45, 7) is -1.03. The van der Waals surface area contributed by atoms with Gasteiger partial charge in [0.05, 0.1) is 19.8 Å². The van der Waals surface area contributed by atoms with Gasteiger partial charge in [0, 0.05) is 6.42 Å². The monoisotopic (exact) mass is 246 g/mol. The summed E-state index contributed by atoms with van der Waals surface area (Å²) in [6, 6.07) is 0. The summed E-state index contributed by atoms with van der Waals surface area (Å²) < 4.78 is 0. The molecule has 0 aliphatic heterocycles. The van der Waals surface area contributed by atoms with E-state index in [4.69, 9.17) is 21.1 Å². The number of amides is 1. The van der Waals surface area contributed by atoms with Gasteiger partial charge >= 0.3 is 0 Å². The average molecular weight is 246 g/mol. The van der Waals surface area contributed by atoms with Crippen molar-refractivity contribution in [3.8, 4) is 0 Å². The number of hydrogen-bond acceptors (Lipinski definition) is 5. The first-order valence-corrected chi connectivity index (χ1v) is 5.89. The predicted molar refractivity (Wildman–Crippen MR) is 62.1 cm³/mol. The Morgan fingerprint density at radius 3 is 2.06 bits per heavy atom. The van der Waals surface area contributed by atoms with Gasteiger partial charge in [-0.1, -0.05) is 6.42 Å². The molecule has 0 atom stereocenters. The summed E-state index contributed by atoms with van der Waals surface area (Å²) in [7, 11) is 0. The van der Waals surface area contributed by atoms with Gasteiger partial charge in [-0.05, 0) is 24.8 Å². The Morgan fingerprint density at radius 1 is 1.24 bits per heavy atom. The van der Waals surface area contributed by atoms with Crippen LogP contribution in [0.5, 0.6) is 0 Å². The van der Waals surface area contributed by atoms with E-state index in [9.17, 15) is 4.79 Å². The highest BCUT2D eigenvalue weighted by Gasteiger charge is 2.39. The Morgan fingerprint density at radius 2 is 1.76 bits per heavy atom. The zero-order valence-corrected chi connectivity index (χ0v) is 9.98. The zero-order valence-electron chi connectivity index (χ0n) is 9.98. The number of hydrogen-bond donors (Lipinski definition) is 5. The van der Waals surface area contributed by atoms with E-state index in [0.29, 0.717) is 6.54 Å². The lowest BCUT2D eigenvalue weighted by Gasteiger charge is -2.41. The van der Waals surface area contributed by atoms with E-state index in [-0.39, 0.29) is 17.7 Å². The Hall–Kier alpha value is -0.690. The number of nitrogens with one attached hydrogen (secondary N) is 1. The molecular formula is C11H22N2O4. The molecule has 17 heavy (non-hydrogen) atoms. The lowest BCUT2D eigenvalue weighted by Crippen LogP contribution is -2.58. The molecule has 0 saturated heterocycles. The fourth-order valence-electron chi connectivity index (χ4n) is 2.08. The Labute approximate surface area is 101 Å². The van der Waals surface area contributed by atoms with Gasteiger partial charge in [-0.3, -0.25) is 4.79 Å². The second kappa shape index (κ2) is 5.77. The molecule has 0 bridgehead atoms. The molecule has 1 fully saturated rings. The van der Waals surface area contributed by atoms with Crippen molar-refractivity contribution in [3.63, 3.8) is 0 Å². The van der Waals surface area contributed by atoms with Gasteiger partial charge in [-0.25, -0.2) is 0 Å². The van der Waals surface area contributed by atoms with Gasteiger partial charge < -0.3 is 26.4 Å². The Balaban J connectivity index is 2.53. The summed E-state index contributed by atoms with van der Waals surface area (Å²) in [5, 5.41) is 29.8. The molecule has 0 radical (unpaired) electrons. The molecule has 0 aromatic rings. The van der Waals surface area contributed by atoms with E-state index in [1.807, 2.05) is 0 Å². The third kappa shape index (κ3) is 3.16. The van der Waals surface area contributed by atoms with Crippen LogP contribution in [0.25, 0.3) is 0 Å². The maximum atomic E-state index is 11.8. The predicted octanol–water partition coefficient (Wildman–Crippen LogP) is -1.66. The minimum absolute atomic E-state index is 0.129. The molecule has 1 aliphatic carbocycles. The molecule has 0 spiro atoms. The molecule has 100 valence electrons. The maximum absolute atomic E-state index is 11.8. The number of nitrogens with two attached hydrogens (primary N) is 1. The molecular weight excluding hydrogens is 224 g/mol. The number of carbonyl (C=O) groups excluding carboxylic acids is 1. The van der Waals surface area contributed by atoms with Crippen LogP contribution in [-0.2, 0) is 4.79 Å². The summed E-state index contributed by atoms with van der Waals surface area (Å²) in [4.78, 5) is 11.8. The van der Waals surface area contributed by atoms with Crippen LogP contribution in [0.2, 0.25) is 0 Å². The first-order valence-electron chi connectivity index (χ1n) is 5.89. The molecule has 0 unspecified atom stereocenters. The van der Waals surface area contributed by atoms with Crippen molar-refractivity contribution in [2.45, 2.75) is 31.2 Å². The summed E-state index contributed by atoms with van der Waals surface area (Å²) in [5.41, 5.74) is 4.18. The van der Waals surface area contributed by atoms with Gasteiger partial charge in [0.15, 0.2) is 0 Å². The average Bonchev–Trinajstić information content (AvgIpc) is 2.31. The highest BCUT2D eigenvalue weighted by molar-refractivity contribution is 5.77. The largest absolute Gasteiger partial charge is 0.394 e. The molecule has 1 amide bonds. The Kier molecular flexibility index (Phi) is 4.88. The maximum Gasteiger partial charge on any atom is 0.221 e. The zero-order chi connectivity index (χ0) is 12.9. The van der Waals surface area contributed by atoms with Gasteiger partial charge in [-0.15, -0.1) is 0 Å². The van der Waals surface area contributed by atoms with Crippen molar-refractivity contribution >= 4 is 5.91 Å². The second-order valence-electron chi connectivity index (χ2n) is 5.04. The molecule has 6 heteroatoms. The van der Waals surface area contributed by atoms with Gasteiger partial charge in [-0.2, -0.15) is 0 Å². The van der Waals surface area contributed by atoms with E-state index in [1.54, 1.807) is 0 Å². The normalized spacial score (nSPS) is 18.6.